The van der Waals surface area contributed by atoms with Crippen LogP contribution in [0.5, 0.6) is 0 Å². The number of halogens is 1. The predicted octanol–water partition coefficient (Wildman–Crippen LogP) is 1.39. The van der Waals surface area contributed by atoms with Crippen LogP contribution in [0.1, 0.15) is 15.9 Å². The normalized spacial score (nSPS) is 9.31. The molecule has 6 nitrogen and oxygen atoms in total. The molecule has 82 valence electrons. The molecule has 0 unspecified atom stereocenters. The molecule has 0 amide bonds. The first-order chi connectivity index (χ1) is 7.51. The van der Waals surface area contributed by atoms with Crippen LogP contribution in [0.25, 0.3) is 0 Å². The first-order valence-electron chi connectivity index (χ1n) is 3.97. The van der Waals surface area contributed by atoms with Crippen molar-refractivity contribution in [3.8, 4) is 6.07 Å². The summed E-state index contributed by atoms with van der Waals surface area (Å²) in [5.41, 5.74) is -1.75. The van der Waals surface area contributed by atoms with Crippen LogP contribution in [0, 0.1) is 27.3 Å². The molecule has 1 aromatic rings. The number of rotatable bonds is 2. The minimum atomic E-state index is -1.31. The lowest BCUT2D eigenvalue weighted by Crippen LogP contribution is -2.07. The molecular formula is C9H5FN2O4. The fraction of sp³-hybridized carbons (Fsp3) is 0.111. The smallest absolute Gasteiger partial charge is 0.341 e. The topological polar surface area (TPSA) is 93.2 Å². The summed E-state index contributed by atoms with van der Waals surface area (Å²) in [6.45, 7) is 0. The van der Waals surface area contributed by atoms with Gasteiger partial charge in [0.1, 0.15) is 5.56 Å². The lowest BCUT2D eigenvalue weighted by molar-refractivity contribution is -0.387. The summed E-state index contributed by atoms with van der Waals surface area (Å²) in [6, 6.07) is 3.24. The van der Waals surface area contributed by atoms with Crippen LogP contribution < -0.4 is 0 Å². The maximum absolute atomic E-state index is 13.4. The average Bonchev–Trinajstić information content (AvgIpc) is 2.28. The number of nitro groups is 1. The molecule has 16 heavy (non-hydrogen) atoms. The zero-order valence-corrected chi connectivity index (χ0v) is 8.06. The van der Waals surface area contributed by atoms with E-state index in [-0.39, 0.29) is 5.56 Å². The maximum atomic E-state index is 13.4. The van der Waals surface area contributed by atoms with Crippen molar-refractivity contribution < 1.29 is 18.8 Å². The molecular weight excluding hydrogens is 219 g/mol. The molecule has 0 atom stereocenters. The second-order valence-electron chi connectivity index (χ2n) is 2.72. The molecule has 0 bridgehead atoms. The van der Waals surface area contributed by atoms with Crippen molar-refractivity contribution >= 4 is 11.7 Å². The van der Waals surface area contributed by atoms with Crippen molar-refractivity contribution in [2.75, 3.05) is 7.11 Å². The van der Waals surface area contributed by atoms with Crippen molar-refractivity contribution in [1.29, 1.82) is 5.26 Å². The summed E-state index contributed by atoms with van der Waals surface area (Å²) in [5, 5.41) is 19.0. The number of nitrogens with zero attached hydrogens (tertiary/aromatic N) is 2. The third-order valence-corrected chi connectivity index (χ3v) is 1.78. The number of carbonyl (C=O) groups excluding carboxylic acids is 1. The fourth-order valence-electron chi connectivity index (χ4n) is 1.07. The van der Waals surface area contributed by atoms with Crippen LogP contribution in [-0.4, -0.2) is 18.0 Å². The molecule has 0 fully saturated rings. The van der Waals surface area contributed by atoms with E-state index >= 15 is 0 Å². The second kappa shape index (κ2) is 4.35. The number of carbonyl (C=O) groups is 1. The van der Waals surface area contributed by atoms with Crippen LogP contribution in [0.4, 0.5) is 10.1 Å². The molecule has 1 aromatic carbocycles. The lowest BCUT2D eigenvalue weighted by atomic mass is 10.1. The fourth-order valence-corrected chi connectivity index (χ4v) is 1.07. The Hall–Kier alpha value is -2.49. The highest BCUT2D eigenvalue weighted by Gasteiger charge is 2.24. The van der Waals surface area contributed by atoms with E-state index in [2.05, 4.69) is 4.74 Å². The Labute approximate surface area is 89.0 Å². The van der Waals surface area contributed by atoms with Crippen molar-refractivity contribution in [3.63, 3.8) is 0 Å². The van der Waals surface area contributed by atoms with Crippen LogP contribution in [0.15, 0.2) is 12.1 Å². The first-order valence-corrected chi connectivity index (χ1v) is 3.97. The van der Waals surface area contributed by atoms with E-state index in [4.69, 9.17) is 5.26 Å². The van der Waals surface area contributed by atoms with Gasteiger partial charge in [0.15, 0.2) is 0 Å². The molecule has 1 rings (SSSR count). The van der Waals surface area contributed by atoms with Crippen molar-refractivity contribution in [3.05, 3.63) is 39.2 Å². The van der Waals surface area contributed by atoms with Gasteiger partial charge >= 0.3 is 11.7 Å². The van der Waals surface area contributed by atoms with Gasteiger partial charge in [-0.15, -0.1) is 0 Å². The zero-order chi connectivity index (χ0) is 12.3. The van der Waals surface area contributed by atoms with E-state index < -0.39 is 28.0 Å². The van der Waals surface area contributed by atoms with Gasteiger partial charge in [-0.2, -0.15) is 9.65 Å². The summed E-state index contributed by atoms with van der Waals surface area (Å²) in [5.74, 6) is -2.38. The number of benzene rings is 1. The molecule has 0 saturated heterocycles. The summed E-state index contributed by atoms with van der Waals surface area (Å²) in [4.78, 5) is 20.5. The number of esters is 1. The Balaban J connectivity index is 3.50. The van der Waals surface area contributed by atoms with Crippen molar-refractivity contribution in [1.82, 2.24) is 0 Å². The maximum Gasteiger partial charge on any atom is 0.341 e. The standard InChI is InChI=1S/C9H5FN2O4/c1-16-9(13)6-2-5(4-11)3-7(8(6)10)12(14)15/h2-3H,1H3. The molecule has 0 N–H and O–H groups in total. The van der Waals surface area contributed by atoms with Gasteiger partial charge < -0.3 is 4.74 Å². The quantitative estimate of drug-likeness (QED) is 0.430. The average molecular weight is 224 g/mol. The minimum absolute atomic E-state index is 0.187. The first kappa shape index (κ1) is 11.6. The van der Waals surface area contributed by atoms with Gasteiger partial charge in [0.05, 0.1) is 23.7 Å². The van der Waals surface area contributed by atoms with Crippen molar-refractivity contribution in [2.45, 2.75) is 0 Å². The van der Waals surface area contributed by atoms with Gasteiger partial charge in [-0.3, -0.25) is 10.1 Å². The zero-order valence-electron chi connectivity index (χ0n) is 8.06. The SMILES string of the molecule is COC(=O)c1cc(C#N)cc([N+](=O)[O-])c1F. The Morgan fingerprint density at radius 2 is 2.25 bits per heavy atom. The van der Waals surface area contributed by atoms with E-state index in [9.17, 15) is 19.3 Å². The largest absolute Gasteiger partial charge is 0.465 e. The summed E-state index contributed by atoms with van der Waals surface area (Å²) < 4.78 is 17.7. The number of nitro benzene ring substituents is 1. The second-order valence-corrected chi connectivity index (χ2v) is 2.72. The summed E-state index contributed by atoms with van der Waals surface area (Å²) in [7, 11) is 1.01. The molecule has 0 aliphatic heterocycles. The van der Waals surface area contributed by atoms with Crippen LogP contribution in [0.3, 0.4) is 0 Å². The van der Waals surface area contributed by atoms with Gasteiger partial charge in [-0.05, 0) is 6.07 Å². The molecule has 0 radical (unpaired) electrons. The predicted molar refractivity (Wildman–Crippen MR) is 49.1 cm³/mol. The van der Waals surface area contributed by atoms with Crippen LogP contribution in [-0.2, 0) is 4.74 Å². The molecule has 0 aliphatic carbocycles. The van der Waals surface area contributed by atoms with Crippen molar-refractivity contribution in [2.24, 2.45) is 0 Å². The van der Waals surface area contributed by atoms with E-state index in [0.29, 0.717) is 0 Å². The van der Waals surface area contributed by atoms with E-state index in [1.807, 2.05) is 0 Å². The molecule has 7 heteroatoms. The number of hydrogen-bond donors (Lipinski definition) is 0. The van der Waals surface area contributed by atoms with E-state index in [0.717, 1.165) is 19.2 Å². The number of ether oxygens (including phenoxy) is 1. The number of methoxy groups -OCH3 is 1. The van der Waals surface area contributed by atoms with Gasteiger partial charge in [0.2, 0.25) is 5.82 Å². The van der Waals surface area contributed by atoms with Gasteiger partial charge in [0.25, 0.3) is 0 Å². The van der Waals surface area contributed by atoms with Gasteiger partial charge in [-0.1, -0.05) is 0 Å². The van der Waals surface area contributed by atoms with E-state index in [1.54, 1.807) is 6.07 Å². The van der Waals surface area contributed by atoms with Gasteiger partial charge in [0, 0.05) is 6.07 Å². The van der Waals surface area contributed by atoms with Crippen LogP contribution >= 0.6 is 0 Å². The summed E-state index contributed by atoms with van der Waals surface area (Å²) >= 11 is 0. The minimum Gasteiger partial charge on any atom is -0.465 e. The number of hydrogen-bond acceptors (Lipinski definition) is 5. The van der Waals surface area contributed by atoms with E-state index in [1.165, 1.54) is 0 Å². The van der Waals surface area contributed by atoms with Crippen LogP contribution in [0.2, 0.25) is 0 Å². The molecule has 0 heterocycles. The monoisotopic (exact) mass is 224 g/mol. The highest BCUT2D eigenvalue weighted by Crippen LogP contribution is 2.23. The van der Waals surface area contributed by atoms with Gasteiger partial charge in [-0.25, -0.2) is 4.79 Å². The molecule has 0 aliphatic rings. The molecule has 0 spiro atoms. The Morgan fingerprint density at radius 1 is 1.62 bits per heavy atom. The third-order valence-electron chi connectivity index (χ3n) is 1.78. The Bertz CT molecular complexity index is 507. The highest BCUT2D eigenvalue weighted by molar-refractivity contribution is 5.91. The molecule has 0 aromatic heterocycles. The third kappa shape index (κ3) is 1.95. The highest BCUT2D eigenvalue weighted by atomic mass is 19.1. The number of nitriles is 1. The molecule has 0 saturated carbocycles. The Kier molecular flexibility index (Phi) is 3.15. The summed E-state index contributed by atoms with van der Waals surface area (Å²) in [6.07, 6.45) is 0. The Morgan fingerprint density at radius 3 is 2.69 bits per heavy atom. The lowest BCUT2D eigenvalue weighted by Gasteiger charge is -2.02.